The molecule has 1 unspecified atom stereocenters. The normalized spacial score (nSPS) is 18.9. The average Bonchev–Trinajstić information content (AvgIpc) is 3.26. The second kappa shape index (κ2) is 8.97. The van der Waals surface area contributed by atoms with E-state index in [-0.39, 0.29) is 17.9 Å². The lowest BCUT2D eigenvalue weighted by Crippen LogP contribution is -2.44. The van der Waals surface area contributed by atoms with E-state index in [0.29, 0.717) is 42.3 Å². The minimum Gasteiger partial charge on any atom is -0.493 e. The molecule has 0 radical (unpaired) electrons. The van der Waals surface area contributed by atoms with Crippen molar-refractivity contribution in [3.05, 3.63) is 35.4 Å². The van der Waals surface area contributed by atoms with Gasteiger partial charge in [0.2, 0.25) is 5.91 Å². The number of methoxy groups -OCH3 is 2. The number of likely N-dealkylation sites (N-methyl/N-ethyl adjacent to an activating group) is 1. The fraction of sp³-hybridized carbons (Fsp3) is 0.500. The maximum atomic E-state index is 13.3. The van der Waals surface area contributed by atoms with E-state index in [1.807, 2.05) is 7.05 Å². The van der Waals surface area contributed by atoms with E-state index in [1.54, 1.807) is 23.4 Å². The monoisotopic (exact) mass is 427 g/mol. The number of amides is 2. The Labute approximate surface area is 181 Å². The number of carbonyl (C=O) groups is 2. The van der Waals surface area contributed by atoms with Gasteiger partial charge in [-0.2, -0.15) is 0 Å². The first kappa shape index (κ1) is 21.2. The maximum absolute atomic E-state index is 13.3. The third-order valence-electron chi connectivity index (χ3n) is 6.12. The maximum Gasteiger partial charge on any atom is 0.254 e. The molecule has 0 saturated carbocycles. The molecule has 0 bridgehead atoms. The third-order valence-corrected chi connectivity index (χ3v) is 6.12. The van der Waals surface area contributed by atoms with Crippen molar-refractivity contribution in [1.29, 1.82) is 0 Å². The fourth-order valence-corrected chi connectivity index (χ4v) is 4.37. The highest BCUT2D eigenvalue weighted by Crippen LogP contribution is 2.37. The van der Waals surface area contributed by atoms with Crippen LogP contribution in [0.1, 0.15) is 41.0 Å². The smallest absolute Gasteiger partial charge is 0.254 e. The van der Waals surface area contributed by atoms with Crippen LogP contribution in [0, 0.1) is 0 Å². The standard InChI is InChI=1S/C22H29N5O4/c1-26-8-5-4-6-18(26)21(28)25-16-10-14(11-19(30-2)20(16)31-3)22(29)27-9-7-15-17(12-27)24-13-23-15/h10-11,13,18H,4-9,12H2,1-3H3,(H,23,24)(H,25,28). The molecule has 166 valence electrons. The summed E-state index contributed by atoms with van der Waals surface area (Å²) in [6.07, 6.45) is 5.28. The summed E-state index contributed by atoms with van der Waals surface area (Å²) in [5.41, 5.74) is 2.83. The van der Waals surface area contributed by atoms with Gasteiger partial charge in [0, 0.05) is 18.5 Å². The van der Waals surface area contributed by atoms with Crippen LogP contribution in [0.3, 0.4) is 0 Å². The number of rotatable bonds is 5. The SMILES string of the molecule is COc1cc(C(=O)N2CCc3nc[nH]c3C2)cc(NC(=O)C2CCCCN2C)c1OC. The van der Waals surface area contributed by atoms with Crippen LogP contribution in [0.4, 0.5) is 5.69 Å². The summed E-state index contributed by atoms with van der Waals surface area (Å²) < 4.78 is 11.0. The van der Waals surface area contributed by atoms with E-state index in [2.05, 4.69) is 20.2 Å². The van der Waals surface area contributed by atoms with Crippen LogP contribution < -0.4 is 14.8 Å². The first-order valence-corrected chi connectivity index (χ1v) is 10.6. The molecule has 2 N–H and O–H groups in total. The molecule has 3 heterocycles. The summed E-state index contributed by atoms with van der Waals surface area (Å²) in [4.78, 5) is 37.5. The number of carbonyl (C=O) groups excluding carboxylic acids is 2. The molecule has 4 rings (SSSR count). The van der Waals surface area contributed by atoms with Crippen molar-refractivity contribution in [1.82, 2.24) is 19.8 Å². The van der Waals surface area contributed by atoms with Gasteiger partial charge in [-0.1, -0.05) is 6.42 Å². The molecule has 1 aromatic carbocycles. The highest BCUT2D eigenvalue weighted by atomic mass is 16.5. The molecular formula is C22H29N5O4. The quantitative estimate of drug-likeness (QED) is 0.758. The van der Waals surface area contributed by atoms with Gasteiger partial charge in [0.05, 0.1) is 50.2 Å². The van der Waals surface area contributed by atoms with E-state index in [4.69, 9.17) is 9.47 Å². The molecule has 2 aliphatic rings. The third kappa shape index (κ3) is 4.23. The number of piperidine rings is 1. The molecule has 1 saturated heterocycles. The molecule has 9 nitrogen and oxygen atoms in total. The van der Waals surface area contributed by atoms with Crippen molar-refractivity contribution in [3.63, 3.8) is 0 Å². The van der Waals surface area contributed by atoms with Gasteiger partial charge in [-0.25, -0.2) is 4.98 Å². The first-order chi connectivity index (χ1) is 15.0. The summed E-state index contributed by atoms with van der Waals surface area (Å²) in [5.74, 6) is 0.568. The van der Waals surface area contributed by atoms with Crippen LogP contribution in [0.25, 0.3) is 0 Å². The molecule has 9 heteroatoms. The van der Waals surface area contributed by atoms with Crippen molar-refractivity contribution in [2.24, 2.45) is 0 Å². The Morgan fingerprint density at radius 2 is 2.03 bits per heavy atom. The summed E-state index contributed by atoms with van der Waals surface area (Å²) in [6.45, 7) is 1.94. The lowest BCUT2D eigenvalue weighted by molar-refractivity contribution is -0.121. The zero-order chi connectivity index (χ0) is 22.0. The molecule has 2 aromatic rings. The summed E-state index contributed by atoms with van der Waals surface area (Å²) in [7, 11) is 5.00. The number of benzene rings is 1. The lowest BCUT2D eigenvalue weighted by atomic mass is 10.0. The Bertz CT molecular complexity index is 973. The van der Waals surface area contributed by atoms with E-state index in [1.165, 1.54) is 14.2 Å². The molecule has 0 aliphatic carbocycles. The van der Waals surface area contributed by atoms with Crippen LogP contribution >= 0.6 is 0 Å². The number of ether oxygens (including phenoxy) is 2. The molecule has 1 fully saturated rings. The number of hydrogen-bond donors (Lipinski definition) is 2. The number of anilines is 1. The number of nitrogens with zero attached hydrogens (tertiary/aromatic N) is 3. The van der Waals surface area contributed by atoms with Gasteiger partial charge in [0.25, 0.3) is 5.91 Å². The van der Waals surface area contributed by atoms with E-state index in [0.717, 1.165) is 37.2 Å². The van der Waals surface area contributed by atoms with Crippen molar-refractivity contribution in [2.45, 2.75) is 38.3 Å². The van der Waals surface area contributed by atoms with Crippen LogP contribution in [0.2, 0.25) is 0 Å². The van der Waals surface area contributed by atoms with Crippen LogP contribution in [0.15, 0.2) is 18.5 Å². The summed E-state index contributed by atoms with van der Waals surface area (Å²) >= 11 is 0. The number of fused-ring (bicyclic) bond motifs is 1. The van der Waals surface area contributed by atoms with E-state index < -0.39 is 0 Å². The van der Waals surface area contributed by atoms with Gasteiger partial charge in [0.15, 0.2) is 11.5 Å². The summed E-state index contributed by atoms with van der Waals surface area (Å²) in [5, 5.41) is 2.97. The van der Waals surface area contributed by atoms with Gasteiger partial charge in [0.1, 0.15) is 0 Å². The van der Waals surface area contributed by atoms with Crippen LogP contribution in [-0.4, -0.2) is 72.0 Å². The van der Waals surface area contributed by atoms with Crippen LogP contribution in [0.5, 0.6) is 11.5 Å². The lowest BCUT2D eigenvalue weighted by Gasteiger charge is -2.31. The molecule has 0 spiro atoms. The van der Waals surface area contributed by atoms with E-state index >= 15 is 0 Å². The van der Waals surface area contributed by atoms with Crippen molar-refractivity contribution < 1.29 is 19.1 Å². The molecule has 2 aliphatic heterocycles. The zero-order valence-corrected chi connectivity index (χ0v) is 18.2. The minimum atomic E-state index is -0.204. The number of aromatic amines is 1. The van der Waals surface area contributed by atoms with Gasteiger partial charge in [-0.05, 0) is 38.6 Å². The first-order valence-electron chi connectivity index (χ1n) is 10.6. The highest BCUT2D eigenvalue weighted by Gasteiger charge is 2.29. The number of hydrogen-bond acceptors (Lipinski definition) is 6. The number of imidazole rings is 1. The minimum absolute atomic E-state index is 0.104. The Hall–Kier alpha value is -3.07. The second-order valence-electron chi connectivity index (χ2n) is 8.05. The van der Waals surface area contributed by atoms with Crippen molar-refractivity contribution in [2.75, 3.05) is 39.7 Å². The number of aromatic nitrogens is 2. The topological polar surface area (TPSA) is 99.8 Å². The van der Waals surface area contributed by atoms with Crippen LogP contribution in [-0.2, 0) is 17.8 Å². The Balaban J connectivity index is 1.60. The largest absolute Gasteiger partial charge is 0.493 e. The fourth-order valence-electron chi connectivity index (χ4n) is 4.37. The predicted molar refractivity (Wildman–Crippen MR) is 115 cm³/mol. The van der Waals surface area contributed by atoms with Gasteiger partial charge < -0.3 is 24.7 Å². The Morgan fingerprint density at radius 1 is 1.19 bits per heavy atom. The molecule has 1 aromatic heterocycles. The number of nitrogens with one attached hydrogen (secondary N) is 2. The number of H-pyrrole nitrogens is 1. The van der Waals surface area contributed by atoms with Crippen molar-refractivity contribution in [3.8, 4) is 11.5 Å². The molecule has 31 heavy (non-hydrogen) atoms. The molecule has 2 amide bonds. The van der Waals surface area contributed by atoms with Gasteiger partial charge in [-0.3, -0.25) is 14.5 Å². The predicted octanol–water partition coefficient (Wildman–Crippen LogP) is 2.05. The zero-order valence-electron chi connectivity index (χ0n) is 18.2. The summed E-state index contributed by atoms with van der Waals surface area (Å²) in [6, 6.07) is 3.13. The van der Waals surface area contributed by atoms with Gasteiger partial charge >= 0.3 is 0 Å². The average molecular weight is 428 g/mol. The highest BCUT2D eigenvalue weighted by molar-refractivity contribution is 6.01. The van der Waals surface area contributed by atoms with Crippen molar-refractivity contribution >= 4 is 17.5 Å². The van der Waals surface area contributed by atoms with Gasteiger partial charge in [-0.15, -0.1) is 0 Å². The second-order valence-corrected chi connectivity index (χ2v) is 8.05. The molecular weight excluding hydrogens is 398 g/mol. The Morgan fingerprint density at radius 3 is 2.77 bits per heavy atom. The molecule has 1 atom stereocenters. The Kier molecular flexibility index (Phi) is 6.13. The number of likely N-dealkylation sites (tertiary alicyclic amines) is 1. The van der Waals surface area contributed by atoms with E-state index in [9.17, 15) is 9.59 Å².